The van der Waals surface area contributed by atoms with Gasteiger partial charge in [0.05, 0.1) is 0 Å². The molecule has 2 heterocycles. The van der Waals surface area contributed by atoms with Gasteiger partial charge in [0, 0.05) is 48.4 Å². The van der Waals surface area contributed by atoms with Gasteiger partial charge in [-0.3, -0.25) is 9.78 Å². The molecule has 1 aromatic heterocycles. The van der Waals surface area contributed by atoms with E-state index >= 15 is 0 Å². The summed E-state index contributed by atoms with van der Waals surface area (Å²) in [5, 5.41) is 3.78. The molecule has 1 N–H and O–H groups in total. The summed E-state index contributed by atoms with van der Waals surface area (Å²) in [7, 11) is 0. The Kier molecular flexibility index (Phi) is 4.27. The van der Waals surface area contributed by atoms with Gasteiger partial charge in [-0.1, -0.05) is 12.8 Å². The number of hydrogen-bond acceptors (Lipinski definition) is 3. The van der Waals surface area contributed by atoms with Crippen molar-refractivity contribution in [2.45, 2.75) is 38.1 Å². The molecule has 0 radical (unpaired) electrons. The molecular formula is C19H21F2N3O. The Morgan fingerprint density at radius 3 is 2.80 bits per heavy atom. The van der Waals surface area contributed by atoms with E-state index in [2.05, 4.69) is 10.3 Å². The lowest BCUT2D eigenvalue weighted by molar-refractivity contribution is -0.134. The van der Waals surface area contributed by atoms with E-state index in [1.54, 1.807) is 6.07 Å². The van der Waals surface area contributed by atoms with Crippen LogP contribution < -0.4 is 5.32 Å². The molecule has 0 spiro atoms. The monoisotopic (exact) mass is 345 g/mol. The van der Waals surface area contributed by atoms with Crippen LogP contribution in [0.1, 0.15) is 32.1 Å². The van der Waals surface area contributed by atoms with Crippen LogP contribution >= 0.6 is 0 Å². The SMILES string of the molecule is O=C(C1CCCC1)N1CCC(Nc2ccnc3c(F)cc(F)cc23)C1. The first-order valence-electron chi connectivity index (χ1n) is 8.91. The fourth-order valence-corrected chi connectivity index (χ4v) is 4.03. The summed E-state index contributed by atoms with van der Waals surface area (Å²) in [4.78, 5) is 18.5. The maximum atomic E-state index is 13.9. The standard InChI is InChI=1S/C19H21F2N3O/c20-13-9-15-17(5-7-22-18(15)16(21)10-13)23-14-6-8-24(11-14)19(25)12-3-1-2-4-12/h5,7,9-10,12,14H,1-4,6,8,11H2,(H,22,23). The van der Waals surface area contributed by atoms with Crippen LogP contribution in [0, 0.1) is 17.6 Å². The highest BCUT2D eigenvalue weighted by atomic mass is 19.1. The molecule has 4 nitrogen and oxygen atoms in total. The van der Waals surface area contributed by atoms with Crippen molar-refractivity contribution in [2.75, 3.05) is 18.4 Å². The number of hydrogen-bond donors (Lipinski definition) is 1. The van der Waals surface area contributed by atoms with E-state index in [1.807, 2.05) is 4.90 Å². The van der Waals surface area contributed by atoms with E-state index in [9.17, 15) is 13.6 Å². The van der Waals surface area contributed by atoms with Crippen LogP contribution in [0.2, 0.25) is 0 Å². The molecule has 132 valence electrons. The number of nitrogens with one attached hydrogen (secondary N) is 1. The van der Waals surface area contributed by atoms with Gasteiger partial charge in [-0.25, -0.2) is 8.78 Å². The first kappa shape index (κ1) is 16.2. The molecule has 4 rings (SSSR count). The molecule has 2 aliphatic rings. The smallest absolute Gasteiger partial charge is 0.225 e. The Hall–Kier alpha value is -2.24. The molecule has 1 saturated heterocycles. The fraction of sp³-hybridized carbons (Fsp3) is 0.474. The molecule has 6 heteroatoms. The zero-order chi connectivity index (χ0) is 17.4. The summed E-state index contributed by atoms with van der Waals surface area (Å²) < 4.78 is 27.5. The van der Waals surface area contributed by atoms with Crippen molar-refractivity contribution in [2.24, 2.45) is 5.92 Å². The van der Waals surface area contributed by atoms with Crippen LogP contribution in [0.25, 0.3) is 10.9 Å². The van der Waals surface area contributed by atoms with Crippen molar-refractivity contribution in [3.05, 3.63) is 36.0 Å². The zero-order valence-electron chi connectivity index (χ0n) is 14.0. The van der Waals surface area contributed by atoms with Gasteiger partial charge in [0.15, 0.2) is 5.82 Å². The predicted molar refractivity (Wildman–Crippen MR) is 92.2 cm³/mol. The topological polar surface area (TPSA) is 45.2 Å². The molecule has 1 atom stereocenters. The molecule has 1 aliphatic carbocycles. The molecule has 1 aliphatic heterocycles. The highest BCUT2D eigenvalue weighted by molar-refractivity contribution is 5.91. The number of fused-ring (bicyclic) bond motifs is 1. The summed E-state index contributed by atoms with van der Waals surface area (Å²) in [6.07, 6.45) is 6.64. The lowest BCUT2D eigenvalue weighted by Crippen LogP contribution is -2.35. The second-order valence-corrected chi connectivity index (χ2v) is 7.04. The van der Waals surface area contributed by atoms with Gasteiger partial charge in [-0.15, -0.1) is 0 Å². The van der Waals surface area contributed by atoms with E-state index in [-0.39, 0.29) is 23.4 Å². The third kappa shape index (κ3) is 3.17. The number of pyridine rings is 1. The van der Waals surface area contributed by atoms with Crippen molar-refractivity contribution < 1.29 is 13.6 Å². The van der Waals surface area contributed by atoms with Gasteiger partial charge < -0.3 is 10.2 Å². The Labute approximate surface area is 145 Å². The lowest BCUT2D eigenvalue weighted by atomic mass is 10.1. The molecule has 1 unspecified atom stereocenters. The lowest BCUT2D eigenvalue weighted by Gasteiger charge is -2.21. The molecular weight excluding hydrogens is 324 g/mol. The second-order valence-electron chi connectivity index (χ2n) is 7.04. The number of carbonyl (C=O) groups is 1. The molecule has 1 aromatic carbocycles. The fourth-order valence-electron chi connectivity index (χ4n) is 4.03. The normalized spacial score (nSPS) is 21.2. The van der Waals surface area contributed by atoms with E-state index in [0.717, 1.165) is 44.7 Å². The number of amides is 1. The van der Waals surface area contributed by atoms with Crippen molar-refractivity contribution in [3.8, 4) is 0 Å². The summed E-state index contributed by atoms with van der Waals surface area (Å²) in [5.74, 6) is -0.837. The van der Waals surface area contributed by atoms with Crippen LogP contribution in [0.15, 0.2) is 24.4 Å². The maximum absolute atomic E-state index is 13.9. The Morgan fingerprint density at radius 1 is 1.20 bits per heavy atom. The van der Waals surface area contributed by atoms with Gasteiger partial charge in [0.2, 0.25) is 5.91 Å². The van der Waals surface area contributed by atoms with E-state index in [4.69, 9.17) is 0 Å². The van der Waals surface area contributed by atoms with Crippen LogP contribution in [0.3, 0.4) is 0 Å². The van der Waals surface area contributed by atoms with Gasteiger partial charge in [0.25, 0.3) is 0 Å². The number of rotatable bonds is 3. The predicted octanol–water partition coefficient (Wildman–Crippen LogP) is 3.72. The van der Waals surface area contributed by atoms with Crippen molar-refractivity contribution in [3.63, 3.8) is 0 Å². The van der Waals surface area contributed by atoms with E-state index < -0.39 is 11.6 Å². The minimum Gasteiger partial charge on any atom is -0.380 e. The molecule has 2 fully saturated rings. The van der Waals surface area contributed by atoms with Crippen LogP contribution in [-0.4, -0.2) is 34.9 Å². The molecule has 1 amide bonds. The summed E-state index contributed by atoms with van der Waals surface area (Å²) in [6, 6.07) is 3.95. The van der Waals surface area contributed by atoms with Crippen LogP contribution in [0.4, 0.5) is 14.5 Å². The summed E-state index contributed by atoms with van der Waals surface area (Å²) >= 11 is 0. The first-order chi connectivity index (χ1) is 12.1. The molecule has 0 bridgehead atoms. The quantitative estimate of drug-likeness (QED) is 0.922. The summed E-state index contributed by atoms with van der Waals surface area (Å²) in [5.41, 5.74) is 0.812. The maximum Gasteiger partial charge on any atom is 0.225 e. The number of likely N-dealkylation sites (tertiary alicyclic amines) is 1. The van der Waals surface area contributed by atoms with Crippen molar-refractivity contribution in [1.82, 2.24) is 9.88 Å². The molecule has 2 aromatic rings. The average molecular weight is 345 g/mol. The number of aromatic nitrogens is 1. The van der Waals surface area contributed by atoms with Crippen LogP contribution in [-0.2, 0) is 4.79 Å². The van der Waals surface area contributed by atoms with Crippen LogP contribution in [0.5, 0.6) is 0 Å². The van der Waals surface area contributed by atoms with E-state index in [0.29, 0.717) is 17.6 Å². The number of benzene rings is 1. The molecule has 1 saturated carbocycles. The largest absolute Gasteiger partial charge is 0.380 e. The van der Waals surface area contributed by atoms with E-state index in [1.165, 1.54) is 12.3 Å². The van der Waals surface area contributed by atoms with Crippen molar-refractivity contribution in [1.29, 1.82) is 0 Å². The Balaban J connectivity index is 1.50. The number of halogens is 2. The third-order valence-electron chi connectivity index (χ3n) is 5.33. The minimum atomic E-state index is -0.664. The van der Waals surface area contributed by atoms with Gasteiger partial charge in [0.1, 0.15) is 11.3 Å². The Morgan fingerprint density at radius 2 is 2.00 bits per heavy atom. The number of nitrogens with zero attached hydrogens (tertiary/aromatic N) is 2. The van der Waals surface area contributed by atoms with Gasteiger partial charge >= 0.3 is 0 Å². The summed E-state index contributed by atoms with van der Waals surface area (Å²) in [6.45, 7) is 1.37. The zero-order valence-corrected chi connectivity index (χ0v) is 14.0. The highest BCUT2D eigenvalue weighted by Gasteiger charge is 2.32. The average Bonchev–Trinajstić information content (AvgIpc) is 3.26. The third-order valence-corrected chi connectivity index (χ3v) is 5.33. The highest BCUT2D eigenvalue weighted by Crippen LogP contribution is 2.30. The minimum absolute atomic E-state index is 0.0854. The van der Waals surface area contributed by atoms with Gasteiger partial charge in [-0.05, 0) is 31.4 Å². The van der Waals surface area contributed by atoms with Crippen molar-refractivity contribution >= 4 is 22.5 Å². The first-order valence-corrected chi connectivity index (χ1v) is 8.91. The van der Waals surface area contributed by atoms with Gasteiger partial charge in [-0.2, -0.15) is 0 Å². The Bertz CT molecular complexity index is 805. The number of anilines is 1. The molecule has 25 heavy (non-hydrogen) atoms. The number of carbonyl (C=O) groups excluding carboxylic acids is 1. The second kappa shape index (κ2) is 6.58.